The molecule has 0 saturated heterocycles. The minimum atomic E-state index is -0.949. The highest BCUT2D eigenvalue weighted by atomic mass is 32.2. The Morgan fingerprint density at radius 3 is 2.46 bits per heavy atom. The van der Waals surface area contributed by atoms with Gasteiger partial charge in [0.15, 0.2) is 0 Å². The summed E-state index contributed by atoms with van der Waals surface area (Å²) >= 11 is 1.78. The van der Waals surface area contributed by atoms with Crippen molar-refractivity contribution >= 4 is 17.9 Å². The summed E-state index contributed by atoms with van der Waals surface area (Å²) in [4.78, 5) is 10.4. The first kappa shape index (κ1) is 12.6. The maximum Gasteiger partial charge on any atom is 0.405 e. The highest BCUT2D eigenvalue weighted by molar-refractivity contribution is 7.99. The highest BCUT2D eigenvalue weighted by Gasteiger charge is 2.19. The Kier molecular flexibility index (Phi) is 5.21. The van der Waals surface area contributed by atoms with Gasteiger partial charge in [0.1, 0.15) is 0 Å². The fourth-order valence-corrected chi connectivity index (χ4v) is 2.05. The van der Waals surface area contributed by atoms with E-state index in [4.69, 9.17) is 5.11 Å². The van der Waals surface area contributed by atoms with Crippen molar-refractivity contribution < 1.29 is 9.90 Å². The summed E-state index contributed by atoms with van der Waals surface area (Å²) in [5, 5.41) is 11.0. The summed E-state index contributed by atoms with van der Waals surface area (Å²) in [6.07, 6.45) is -0.949. The summed E-state index contributed by atoms with van der Waals surface area (Å²) < 4.78 is 0. The second-order valence-corrected chi connectivity index (χ2v) is 5.25. The SMILES string of the molecule is CC(C)CSCC(C)(C)NC(=O)O. The third-order valence-corrected chi connectivity index (χ3v) is 3.19. The van der Waals surface area contributed by atoms with Gasteiger partial charge in [0.05, 0.1) is 0 Å². The molecule has 0 aromatic carbocycles. The monoisotopic (exact) mass is 205 g/mol. The molecule has 3 nitrogen and oxygen atoms in total. The lowest BCUT2D eigenvalue weighted by Crippen LogP contribution is -2.44. The van der Waals surface area contributed by atoms with Crippen molar-refractivity contribution in [2.45, 2.75) is 33.2 Å². The van der Waals surface area contributed by atoms with Crippen molar-refractivity contribution in [2.24, 2.45) is 5.92 Å². The summed E-state index contributed by atoms with van der Waals surface area (Å²) in [5.41, 5.74) is -0.328. The van der Waals surface area contributed by atoms with Gasteiger partial charge in [-0.05, 0) is 25.5 Å². The molecule has 0 unspecified atom stereocenters. The smallest absolute Gasteiger partial charge is 0.405 e. The van der Waals surface area contributed by atoms with Crippen LogP contribution >= 0.6 is 11.8 Å². The van der Waals surface area contributed by atoms with Gasteiger partial charge in [-0.15, -0.1) is 0 Å². The molecule has 78 valence electrons. The van der Waals surface area contributed by atoms with Gasteiger partial charge in [-0.2, -0.15) is 11.8 Å². The lowest BCUT2D eigenvalue weighted by atomic mass is 10.1. The number of amides is 1. The van der Waals surface area contributed by atoms with Gasteiger partial charge in [0.25, 0.3) is 0 Å². The third-order valence-electron chi connectivity index (χ3n) is 1.36. The average Bonchev–Trinajstić information content (AvgIpc) is 1.81. The van der Waals surface area contributed by atoms with Crippen molar-refractivity contribution in [1.82, 2.24) is 5.32 Å². The molecule has 0 aliphatic heterocycles. The molecule has 13 heavy (non-hydrogen) atoms. The largest absolute Gasteiger partial charge is 0.465 e. The van der Waals surface area contributed by atoms with Crippen LogP contribution in [0.25, 0.3) is 0 Å². The highest BCUT2D eigenvalue weighted by Crippen LogP contribution is 2.15. The molecule has 0 atom stereocenters. The Bertz CT molecular complexity index is 169. The van der Waals surface area contributed by atoms with Gasteiger partial charge >= 0.3 is 6.09 Å². The van der Waals surface area contributed by atoms with E-state index < -0.39 is 6.09 Å². The molecule has 1 amide bonds. The number of rotatable bonds is 5. The Morgan fingerprint density at radius 1 is 1.54 bits per heavy atom. The zero-order valence-electron chi connectivity index (χ0n) is 8.76. The Labute approximate surface area is 84.3 Å². The first-order valence-electron chi connectivity index (χ1n) is 4.42. The van der Waals surface area contributed by atoms with E-state index >= 15 is 0 Å². The topological polar surface area (TPSA) is 49.3 Å². The summed E-state index contributed by atoms with van der Waals surface area (Å²) in [5.74, 6) is 2.55. The van der Waals surface area contributed by atoms with Crippen LogP contribution in [0.15, 0.2) is 0 Å². The van der Waals surface area contributed by atoms with Crippen LogP contribution in [0.4, 0.5) is 4.79 Å². The van der Waals surface area contributed by atoms with Gasteiger partial charge in [-0.25, -0.2) is 4.79 Å². The van der Waals surface area contributed by atoms with E-state index in [0.29, 0.717) is 5.92 Å². The predicted molar refractivity (Wildman–Crippen MR) is 57.4 cm³/mol. The zero-order chi connectivity index (χ0) is 10.5. The van der Waals surface area contributed by atoms with Crippen LogP contribution in [-0.2, 0) is 0 Å². The number of nitrogens with one attached hydrogen (secondary N) is 1. The lowest BCUT2D eigenvalue weighted by Gasteiger charge is -2.24. The molecule has 0 bridgehead atoms. The molecule has 0 aliphatic carbocycles. The minimum Gasteiger partial charge on any atom is -0.465 e. The van der Waals surface area contributed by atoms with Crippen molar-refractivity contribution in [1.29, 1.82) is 0 Å². The van der Waals surface area contributed by atoms with Gasteiger partial charge < -0.3 is 10.4 Å². The third kappa shape index (κ3) is 7.96. The molecule has 0 fully saturated rings. The molecule has 0 saturated carbocycles. The standard InChI is InChI=1S/C9H19NO2S/c1-7(2)5-13-6-9(3,4)10-8(11)12/h7,10H,5-6H2,1-4H3,(H,11,12). The van der Waals surface area contributed by atoms with Crippen molar-refractivity contribution in [2.75, 3.05) is 11.5 Å². The second-order valence-electron chi connectivity index (χ2n) is 4.22. The molecule has 0 aromatic heterocycles. The Morgan fingerprint density at radius 2 is 2.08 bits per heavy atom. The predicted octanol–water partition coefficient (Wildman–Crippen LogP) is 2.42. The van der Waals surface area contributed by atoms with Crippen molar-refractivity contribution in [3.05, 3.63) is 0 Å². The molecular weight excluding hydrogens is 186 g/mol. The van der Waals surface area contributed by atoms with Crippen LogP contribution in [0.2, 0.25) is 0 Å². The maximum atomic E-state index is 10.4. The van der Waals surface area contributed by atoms with Crippen LogP contribution in [-0.4, -0.2) is 28.2 Å². The molecule has 0 aromatic rings. The maximum absolute atomic E-state index is 10.4. The van der Waals surface area contributed by atoms with Crippen LogP contribution in [0, 0.1) is 5.92 Å². The van der Waals surface area contributed by atoms with E-state index in [9.17, 15) is 4.79 Å². The molecule has 2 N–H and O–H groups in total. The fraction of sp³-hybridized carbons (Fsp3) is 0.889. The van der Waals surface area contributed by atoms with Gasteiger partial charge in [0, 0.05) is 11.3 Å². The number of hydrogen-bond donors (Lipinski definition) is 2. The van der Waals surface area contributed by atoms with Gasteiger partial charge in [-0.1, -0.05) is 13.8 Å². The van der Waals surface area contributed by atoms with E-state index in [-0.39, 0.29) is 5.54 Å². The van der Waals surface area contributed by atoms with Crippen LogP contribution in [0.3, 0.4) is 0 Å². The van der Waals surface area contributed by atoms with Crippen LogP contribution in [0.1, 0.15) is 27.7 Å². The van der Waals surface area contributed by atoms with E-state index in [1.54, 1.807) is 11.8 Å². The number of carboxylic acid groups (broad SMARTS) is 1. The van der Waals surface area contributed by atoms with Crippen LogP contribution < -0.4 is 5.32 Å². The molecule has 0 aliphatic rings. The van der Waals surface area contributed by atoms with Crippen molar-refractivity contribution in [3.63, 3.8) is 0 Å². The van der Waals surface area contributed by atoms with E-state index in [0.717, 1.165) is 11.5 Å². The van der Waals surface area contributed by atoms with Crippen molar-refractivity contribution in [3.8, 4) is 0 Å². The van der Waals surface area contributed by atoms with Crippen LogP contribution in [0.5, 0.6) is 0 Å². The minimum absolute atomic E-state index is 0.328. The molecule has 0 spiro atoms. The molecule has 4 heteroatoms. The summed E-state index contributed by atoms with van der Waals surface area (Å²) in [6.45, 7) is 8.11. The van der Waals surface area contributed by atoms with E-state index in [2.05, 4.69) is 19.2 Å². The normalized spacial score (nSPS) is 11.8. The Hall–Kier alpha value is -0.380. The number of thioether (sulfide) groups is 1. The first-order valence-corrected chi connectivity index (χ1v) is 5.58. The van der Waals surface area contributed by atoms with Gasteiger partial charge in [-0.3, -0.25) is 0 Å². The Balaban J connectivity index is 3.69. The quantitative estimate of drug-likeness (QED) is 0.724. The molecule has 0 rings (SSSR count). The number of hydrogen-bond acceptors (Lipinski definition) is 2. The lowest BCUT2D eigenvalue weighted by molar-refractivity contribution is 0.185. The fourth-order valence-electron chi connectivity index (χ4n) is 0.875. The van der Waals surface area contributed by atoms with Gasteiger partial charge in [0.2, 0.25) is 0 Å². The summed E-state index contributed by atoms with van der Waals surface area (Å²) in [7, 11) is 0. The molecule has 0 radical (unpaired) electrons. The molecular formula is C9H19NO2S. The van der Waals surface area contributed by atoms with E-state index in [1.165, 1.54) is 0 Å². The average molecular weight is 205 g/mol. The zero-order valence-corrected chi connectivity index (χ0v) is 9.57. The van der Waals surface area contributed by atoms with E-state index in [1.807, 2.05) is 13.8 Å². The molecule has 0 heterocycles. The summed E-state index contributed by atoms with van der Waals surface area (Å²) in [6, 6.07) is 0. The first-order chi connectivity index (χ1) is 5.83. The second kappa shape index (κ2) is 5.37. The number of carbonyl (C=O) groups is 1.